The molecule has 1 aliphatic rings. The van der Waals surface area contributed by atoms with Crippen LogP contribution in [0.25, 0.3) is 0 Å². The molecular formula is C11H15NO2S. The second kappa shape index (κ2) is 4.28. The summed E-state index contributed by atoms with van der Waals surface area (Å²) in [4.78, 5) is 11.5. The maximum Gasteiger partial charge on any atom is 0.307 e. The highest BCUT2D eigenvalue weighted by atomic mass is 32.2. The maximum absolute atomic E-state index is 10.9. The number of rotatable bonds is 4. The van der Waals surface area contributed by atoms with E-state index in [9.17, 15) is 4.79 Å². The van der Waals surface area contributed by atoms with Crippen molar-refractivity contribution in [3.05, 3.63) is 11.0 Å². The normalized spacial score (nSPS) is 28.3. The first kappa shape index (κ1) is 12.1. The first-order valence-electron chi connectivity index (χ1n) is 4.92. The summed E-state index contributed by atoms with van der Waals surface area (Å²) in [5.41, 5.74) is -0.206. The molecule has 0 aromatic rings. The average Bonchev–Trinajstić information content (AvgIpc) is 2.67. The van der Waals surface area contributed by atoms with Crippen molar-refractivity contribution in [2.24, 2.45) is 17.3 Å². The number of thioether (sulfide) groups is 1. The minimum absolute atomic E-state index is 0.00343. The Morgan fingerprint density at radius 3 is 2.60 bits per heavy atom. The summed E-state index contributed by atoms with van der Waals surface area (Å²) in [5.74, 6) is -0.258. The number of aliphatic carboxylic acids is 1. The Morgan fingerprint density at radius 2 is 2.27 bits per heavy atom. The fourth-order valence-corrected chi connectivity index (χ4v) is 2.52. The fraction of sp³-hybridized carbons (Fsp3) is 0.636. The molecule has 1 fully saturated rings. The van der Waals surface area contributed by atoms with Gasteiger partial charge in [-0.3, -0.25) is 4.79 Å². The highest BCUT2D eigenvalue weighted by Crippen LogP contribution is 2.59. The van der Waals surface area contributed by atoms with Gasteiger partial charge in [-0.1, -0.05) is 26.8 Å². The zero-order valence-electron chi connectivity index (χ0n) is 9.15. The molecule has 0 unspecified atom stereocenters. The van der Waals surface area contributed by atoms with E-state index in [1.165, 1.54) is 11.8 Å². The van der Waals surface area contributed by atoms with Gasteiger partial charge in [-0.25, -0.2) is 0 Å². The van der Waals surface area contributed by atoms with Gasteiger partial charge in [-0.2, -0.15) is 5.26 Å². The van der Waals surface area contributed by atoms with Gasteiger partial charge in [-0.05, 0) is 17.1 Å². The van der Waals surface area contributed by atoms with Crippen LogP contribution in [-0.4, -0.2) is 16.8 Å². The third-order valence-electron chi connectivity index (χ3n) is 2.92. The number of hydrogen-bond acceptors (Lipinski definition) is 3. The number of carboxylic acid groups (broad SMARTS) is 1. The molecule has 0 amide bonds. The number of nitriles is 1. The quantitative estimate of drug-likeness (QED) is 0.747. The molecule has 0 saturated heterocycles. The largest absolute Gasteiger partial charge is 0.481 e. The minimum atomic E-state index is -0.764. The third kappa shape index (κ3) is 2.35. The van der Waals surface area contributed by atoms with E-state index < -0.39 is 5.97 Å². The lowest BCUT2D eigenvalue weighted by atomic mass is 10.1. The zero-order valence-corrected chi connectivity index (χ0v) is 9.97. The van der Waals surface area contributed by atoms with Gasteiger partial charge in [0.15, 0.2) is 0 Å². The predicted octanol–water partition coefficient (Wildman–Crippen LogP) is 2.50. The molecule has 3 nitrogen and oxygen atoms in total. The molecule has 0 bridgehead atoms. The molecule has 0 spiro atoms. The van der Waals surface area contributed by atoms with Crippen LogP contribution in [-0.2, 0) is 4.79 Å². The molecule has 1 aliphatic carbocycles. The van der Waals surface area contributed by atoms with Crippen LogP contribution in [0.1, 0.15) is 20.8 Å². The van der Waals surface area contributed by atoms with E-state index in [2.05, 4.69) is 6.07 Å². The highest BCUT2D eigenvalue weighted by Gasteiger charge is 2.61. The van der Waals surface area contributed by atoms with Gasteiger partial charge in [-0.15, -0.1) is 11.8 Å². The van der Waals surface area contributed by atoms with Crippen molar-refractivity contribution in [2.45, 2.75) is 20.8 Å². The van der Waals surface area contributed by atoms with Crippen molar-refractivity contribution in [1.29, 1.82) is 5.26 Å². The Labute approximate surface area is 94.2 Å². The van der Waals surface area contributed by atoms with E-state index in [0.29, 0.717) is 4.91 Å². The van der Waals surface area contributed by atoms with Gasteiger partial charge >= 0.3 is 5.97 Å². The molecular weight excluding hydrogens is 210 g/mol. The SMILES string of the molecule is CCS/C(C#N)=C/[C@@H]1[C@@H](C(=O)O)C1(C)C. The number of carboxylic acids is 1. The lowest BCUT2D eigenvalue weighted by molar-refractivity contribution is -0.139. The van der Waals surface area contributed by atoms with Crippen LogP contribution >= 0.6 is 11.8 Å². The maximum atomic E-state index is 10.9. The topological polar surface area (TPSA) is 61.1 Å². The van der Waals surface area contributed by atoms with E-state index in [0.717, 1.165) is 5.75 Å². The van der Waals surface area contributed by atoms with Crippen molar-refractivity contribution in [2.75, 3.05) is 5.75 Å². The van der Waals surface area contributed by atoms with Crippen LogP contribution in [0.3, 0.4) is 0 Å². The fourth-order valence-electron chi connectivity index (χ4n) is 1.90. The summed E-state index contributed by atoms with van der Waals surface area (Å²) < 4.78 is 0. The Hall–Kier alpha value is -0.950. The molecule has 0 heterocycles. The lowest BCUT2D eigenvalue weighted by Gasteiger charge is -1.97. The average molecular weight is 225 g/mol. The smallest absolute Gasteiger partial charge is 0.307 e. The van der Waals surface area contributed by atoms with Crippen LogP contribution in [0.5, 0.6) is 0 Å². The zero-order chi connectivity index (χ0) is 11.6. The van der Waals surface area contributed by atoms with Gasteiger partial charge in [0.25, 0.3) is 0 Å². The second-order valence-electron chi connectivity index (χ2n) is 4.24. The molecule has 1 saturated carbocycles. The molecule has 0 aromatic heterocycles. The first-order valence-corrected chi connectivity index (χ1v) is 5.91. The third-order valence-corrected chi connectivity index (χ3v) is 3.74. The van der Waals surface area contributed by atoms with Gasteiger partial charge in [0.05, 0.1) is 10.8 Å². The van der Waals surface area contributed by atoms with Crippen molar-refractivity contribution < 1.29 is 9.90 Å². The highest BCUT2D eigenvalue weighted by molar-refractivity contribution is 8.03. The lowest BCUT2D eigenvalue weighted by Crippen LogP contribution is -2.03. The summed E-state index contributed by atoms with van der Waals surface area (Å²) in [7, 11) is 0. The number of hydrogen-bond donors (Lipinski definition) is 1. The van der Waals surface area contributed by atoms with Crippen molar-refractivity contribution in [3.8, 4) is 6.07 Å². The predicted molar refractivity (Wildman–Crippen MR) is 60.2 cm³/mol. The Balaban J connectivity index is 2.76. The molecule has 0 radical (unpaired) electrons. The minimum Gasteiger partial charge on any atom is -0.481 e. The van der Waals surface area contributed by atoms with Gasteiger partial charge in [0, 0.05) is 0 Å². The molecule has 0 aromatic carbocycles. The van der Waals surface area contributed by atoms with Crippen LogP contribution < -0.4 is 0 Å². The van der Waals surface area contributed by atoms with Crippen LogP contribution in [0, 0.1) is 28.6 Å². The summed E-state index contributed by atoms with van der Waals surface area (Å²) in [6.45, 7) is 5.83. The molecule has 4 heteroatoms. The van der Waals surface area contributed by atoms with Crippen molar-refractivity contribution >= 4 is 17.7 Å². The van der Waals surface area contributed by atoms with Gasteiger partial charge in [0.1, 0.15) is 6.07 Å². The van der Waals surface area contributed by atoms with Gasteiger partial charge in [0.2, 0.25) is 0 Å². The summed E-state index contributed by atoms with van der Waals surface area (Å²) in [6.07, 6.45) is 1.81. The monoisotopic (exact) mass is 225 g/mol. The van der Waals surface area contributed by atoms with Crippen LogP contribution in [0.2, 0.25) is 0 Å². The first-order chi connectivity index (χ1) is 6.95. The second-order valence-corrected chi connectivity index (χ2v) is 5.54. The summed E-state index contributed by atoms with van der Waals surface area (Å²) in [6, 6.07) is 2.10. The van der Waals surface area contributed by atoms with E-state index in [-0.39, 0.29) is 17.3 Å². The van der Waals surface area contributed by atoms with E-state index in [1.807, 2.05) is 26.8 Å². The van der Waals surface area contributed by atoms with Gasteiger partial charge < -0.3 is 5.11 Å². The molecule has 82 valence electrons. The summed E-state index contributed by atoms with van der Waals surface area (Å²) >= 11 is 1.47. The molecule has 15 heavy (non-hydrogen) atoms. The Kier molecular flexibility index (Phi) is 3.46. The number of nitrogens with zero attached hydrogens (tertiary/aromatic N) is 1. The van der Waals surface area contributed by atoms with Crippen LogP contribution in [0.15, 0.2) is 11.0 Å². The Morgan fingerprint density at radius 1 is 1.67 bits per heavy atom. The van der Waals surface area contributed by atoms with E-state index in [4.69, 9.17) is 10.4 Å². The van der Waals surface area contributed by atoms with Crippen molar-refractivity contribution in [3.63, 3.8) is 0 Å². The molecule has 1 N–H and O–H groups in total. The molecule has 1 rings (SSSR count). The van der Waals surface area contributed by atoms with Crippen molar-refractivity contribution in [1.82, 2.24) is 0 Å². The molecule has 0 aliphatic heterocycles. The number of allylic oxidation sites excluding steroid dienone is 2. The van der Waals surface area contributed by atoms with Crippen LogP contribution in [0.4, 0.5) is 0 Å². The summed E-state index contributed by atoms with van der Waals surface area (Å²) in [5, 5.41) is 17.8. The Bertz CT molecular complexity index is 341. The molecule has 2 atom stereocenters. The standard InChI is InChI=1S/C11H15NO2S/c1-4-15-7(6-12)5-8-9(10(13)14)11(8,2)3/h5,8-9H,4H2,1-3H3,(H,13,14)/b7-5+/t8-,9+/m1/s1. The van der Waals surface area contributed by atoms with E-state index in [1.54, 1.807) is 0 Å². The number of carbonyl (C=O) groups is 1. The van der Waals surface area contributed by atoms with E-state index >= 15 is 0 Å².